The highest BCUT2D eigenvalue weighted by molar-refractivity contribution is 7.99. The Balaban J connectivity index is 2.31. The van der Waals surface area contributed by atoms with E-state index in [4.69, 9.17) is 15.9 Å². The Kier molecular flexibility index (Phi) is 2.60. The van der Waals surface area contributed by atoms with Crippen LogP contribution in [-0.4, -0.2) is 17.3 Å². The highest BCUT2D eigenvalue weighted by Crippen LogP contribution is 2.24. The molecule has 4 N–H and O–H groups in total. The summed E-state index contributed by atoms with van der Waals surface area (Å²) in [6.45, 7) is 0.670. The minimum Gasteiger partial charge on any atom is -0.424 e. The number of hydrogen-bond acceptors (Lipinski definition) is 5. The van der Waals surface area contributed by atoms with Gasteiger partial charge in [-0.1, -0.05) is 0 Å². The third-order valence-electron chi connectivity index (χ3n) is 1.76. The minimum atomic E-state index is 0.209. The van der Waals surface area contributed by atoms with Crippen LogP contribution in [0.2, 0.25) is 0 Å². The molecule has 1 aromatic carbocycles. The zero-order chi connectivity index (χ0) is 9.97. The van der Waals surface area contributed by atoms with Crippen molar-refractivity contribution in [3.63, 3.8) is 0 Å². The molecule has 0 saturated heterocycles. The number of aromatic nitrogens is 1. The lowest BCUT2D eigenvalue weighted by molar-refractivity contribution is 0.626. The van der Waals surface area contributed by atoms with E-state index in [1.54, 1.807) is 11.8 Å². The van der Waals surface area contributed by atoms with Gasteiger partial charge in [0.25, 0.3) is 6.01 Å². The number of oxazole rings is 1. The van der Waals surface area contributed by atoms with Crippen molar-refractivity contribution in [3.8, 4) is 0 Å². The van der Waals surface area contributed by atoms with Gasteiger partial charge in [0.05, 0.1) is 0 Å². The predicted molar refractivity (Wildman–Crippen MR) is 58.2 cm³/mol. The van der Waals surface area contributed by atoms with E-state index in [0.29, 0.717) is 6.54 Å². The molecule has 4 nitrogen and oxygen atoms in total. The molecule has 0 unspecified atom stereocenters. The quantitative estimate of drug-likeness (QED) is 0.748. The van der Waals surface area contributed by atoms with Crippen molar-refractivity contribution in [2.45, 2.75) is 4.90 Å². The van der Waals surface area contributed by atoms with E-state index in [9.17, 15) is 0 Å². The molecule has 2 rings (SSSR count). The zero-order valence-electron chi connectivity index (χ0n) is 7.56. The van der Waals surface area contributed by atoms with E-state index in [1.165, 1.54) is 0 Å². The van der Waals surface area contributed by atoms with Gasteiger partial charge in [0.15, 0.2) is 5.58 Å². The summed E-state index contributed by atoms with van der Waals surface area (Å²) in [6, 6.07) is 6.02. The Hall–Kier alpha value is -1.20. The van der Waals surface area contributed by atoms with Crippen molar-refractivity contribution in [1.82, 2.24) is 4.98 Å². The van der Waals surface area contributed by atoms with Crippen molar-refractivity contribution in [3.05, 3.63) is 18.2 Å². The maximum absolute atomic E-state index is 5.44. The third kappa shape index (κ3) is 1.83. The van der Waals surface area contributed by atoms with Crippen LogP contribution in [0.25, 0.3) is 11.1 Å². The summed E-state index contributed by atoms with van der Waals surface area (Å²) >= 11 is 1.70. The van der Waals surface area contributed by atoms with E-state index in [0.717, 1.165) is 21.7 Å². The van der Waals surface area contributed by atoms with Crippen LogP contribution in [-0.2, 0) is 0 Å². The van der Waals surface area contributed by atoms with Gasteiger partial charge >= 0.3 is 0 Å². The first-order chi connectivity index (χ1) is 6.79. The van der Waals surface area contributed by atoms with Crippen molar-refractivity contribution in [2.75, 3.05) is 18.0 Å². The van der Waals surface area contributed by atoms with Crippen molar-refractivity contribution < 1.29 is 4.42 Å². The fourth-order valence-corrected chi connectivity index (χ4v) is 1.90. The second-order valence-corrected chi connectivity index (χ2v) is 3.99. The van der Waals surface area contributed by atoms with Gasteiger partial charge in [-0.15, -0.1) is 11.8 Å². The van der Waals surface area contributed by atoms with E-state index in [1.807, 2.05) is 18.2 Å². The van der Waals surface area contributed by atoms with Gasteiger partial charge in [-0.25, -0.2) is 0 Å². The van der Waals surface area contributed by atoms with Crippen LogP contribution >= 0.6 is 11.8 Å². The summed E-state index contributed by atoms with van der Waals surface area (Å²) in [5, 5.41) is 0. The highest BCUT2D eigenvalue weighted by Gasteiger charge is 2.03. The molecule has 0 spiro atoms. The summed E-state index contributed by atoms with van der Waals surface area (Å²) in [4.78, 5) is 5.18. The maximum Gasteiger partial charge on any atom is 0.292 e. The first kappa shape index (κ1) is 9.36. The first-order valence-electron chi connectivity index (χ1n) is 4.28. The summed E-state index contributed by atoms with van der Waals surface area (Å²) in [6.07, 6.45) is 0. The molecule has 0 aliphatic carbocycles. The average molecular weight is 209 g/mol. The van der Waals surface area contributed by atoms with Crippen molar-refractivity contribution in [1.29, 1.82) is 0 Å². The Bertz CT molecular complexity index is 441. The number of nitrogen functional groups attached to an aromatic ring is 1. The van der Waals surface area contributed by atoms with Crippen LogP contribution in [0.3, 0.4) is 0 Å². The van der Waals surface area contributed by atoms with Crippen LogP contribution in [0.15, 0.2) is 27.5 Å². The van der Waals surface area contributed by atoms with Crippen LogP contribution in [0.5, 0.6) is 0 Å². The number of benzene rings is 1. The molecule has 0 saturated carbocycles. The Morgan fingerprint density at radius 3 is 3.07 bits per heavy atom. The standard InChI is InChI=1S/C9H11N3OS/c10-3-4-14-6-1-2-8-7(5-6)12-9(11)13-8/h1-2,5H,3-4,10H2,(H2,11,12). The monoisotopic (exact) mass is 209 g/mol. The smallest absolute Gasteiger partial charge is 0.292 e. The number of nitrogens with zero attached hydrogens (tertiary/aromatic N) is 1. The fraction of sp³-hybridized carbons (Fsp3) is 0.222. The molecule has 0 aliphatic heterocycles. The molecular formula is C9H11N3OS. The van der Waals surface area contributed by atoms with Crippen molar-refractivity contribution >= 4 is 28.9 Å². The normalized spacial score (nSPS) is 10.9. The van der Waals surface area contributed by atoms with Gasteiger partial charge < -0.3 is 15.9 Å². The topological polar surface area (TPSA) is 78.1 Å². The molecule has 1 aromatic heterocycles. The number of rotatable bonds is 3. The van der Waals surface area contributed by atoms with Crippen LogP contribution in [0.4, 0.5) is 6.01 Å². The summed E-state index contributed by atoms with van der Waals surface area (Å²) < 4.78 is 5.16. The Morgan fingerprint density at radius 2 is 2.29 bits per heavy atom. The minimum absolute atomic E-state index is 0.209. The molecule has 2 aromatic rings. The van der Waals surface area contributed by atoms with Gasteiger partial charge in [-0.2, -0.15) is 4.98 Å². The van der Waals surface area contributed by atoms with Crippen LogP contribution in [0.1, 0.15) is 0 Å². The molecule has 0 radical (unpaired) electrons. The molecule has 0 atom stereocenters. The number of fused-ring (bicyclic) bond motifs is 1. The van der Waals surface area contributed by atoms with Crippen molar-refractivity contribution in [2.24, 2.45) is 5.73 Å². The van der Waals surface area contributed by atoms with Gasteiger partial charge in [0.2, 0.25) is 0 Å². The molecule has 74 valence electrons. The molecule has 0 amide bonds. The van der Waals surface area contributed by atoms with E-state index in [2.05, 4.69) is 4.98 Å². The van der Waals surface area contributed by atoms with Gasteiger partial charge in [0.1, 0.15) is 5.52 Å². The molecule has 0 bridgehead atoms. The number of nitrogens with two attached hydrogens (primary N) is 2. The number of thioether (sulfide) groups is 1. The van der Waals surface area contributed by atoms with Gasteiger partial charge in [-0.3, -0.25) is 0 Å². The molecule has 0 fully saturated rings. The molecule has 0 aliphatic rings. The molecule has 5 heteroatoms. The first-order valence-corrected chi connectivity index (χ1v) is 5.27. The second-order valence-electron chi connectivity index (χ2n) is 2.82. The number of anilines is 1. The lowest BCUT2D eigenvalue weighted by Crippen LogP contribution is -2.00. The van der Waals surface area contributed by atoms with E-state index in [-0.39, 0.29) is 6.01 Å². The molecule has 1 heterocycles. The van der Waals surface area contributed by atoms with E-state index >= 15 is 0 Å². The van der Waals surface area contributed by atoms with Gasteiger partial charge in [-0.05, 0) is 18.2 Å². The fourth-order valence-electron chi connectivity index (χ4n) is 1.19. The third-order valence-corrected chi connectivity index (χ3v) is 2.79. The van der Waals surface area contributed by atoms with Gasteiger partial charge in [0, 0.05) is 17.2 Å². The SMILES string of the molecule is NCCSc1ccc2oc(N)nc2c1. The lowest BCUT2D eigenvalue weighted by Gasteiger charge is -1.97. The summed E-state index contributed by atoms with van der Waals surface area (Å²) in [7, 11) is 0. The second kappa shape index (κ2) is 3.89. The van der Waals surface area contributed by atoms with Crippen LogP contribution < -0.4 is 11.5 Å². The molecular weight excluding hydrogens is 198 g/mol. The largest absolute Gasteiger partial charge is 0.424 e. The predicted octanol–water partition coefficient (Wildman–Crippen LogP) is 1.46. The summed E-state index contributed by atoms with van der Waals surface area (Å²) in [5.74, 6) is 0.902. The average Bonchev–Trinajstić information content (AvgIpc) is 2.54. The Labute approximate surface area is 85.7 Å². The summed E-state index contributed by atoms with van der Waals surface area (Å²) in [5.41, 5.74) is 12.4. The highest BCUT2D eigenvalue weighted by atomic mass is 32.2. The number of hydrogen-bond donors (Lipinski definition) is 2. The van der Waals surface area contributed by atoms with Crippen LogP contribution in [0, 0.1) is 0 Å². The maximum atomic E-state index is 5.44. The Morgan fingerprint density at radius 1 is 1.43 bits per heavy atom. The zero-order valence-corrected chi connectivity index (χ0v) is 8.38. The van der Waals surface area contributed by atoms with E-state index < -0.39 is 0 Å². The molecule has 14 heavy (non-hydrogen) atoms. The lowest BCUT2D eigenvalue weighted by atomic mass is 10.3.